The van der Waals surface area contributed by atoms with Crippen LogP contribution in [0.2, 0.25) is 0 Å². The van der Waals surface area contributed by atoms with E-state index in [0.717, 1.165) is 18.1 Å². The van der Waals surface area contributed by atoms with Crippen LogP contribution in [0.5, 0.6) is 0 Å². The van der Waals surface area contributed by atoms with Crippen LogP contribution in [0.15, 0.2) is 34.2 Å². The Balaban J connectivity index is 2.41. The average molecular weight is 367 g/mol. The van der Waals surface area contributed by atoms with E-state index in [0.29, 0.717) is 19.6 Å². The fraction of sp³-hybridized carbons (Fsp3) is 0.556. The van der Waals surface area contributed by atoms with Crippen LogP contribution in [0.1, 0.15) is 33.3 Å². The van der Waals surface area contributed by atoms with Crippen molar-refractivity contribution in [3.05, 3.63) is 29.8 Å². The number of carbonyl (C=O) groups is 1. The summed E-state index contributed by atoms with van der Waals surface area (Å²) in [6.07, 6.45) is 1.65. The normalized spacial score (nSPS) is 11.8. The summed E-state index contributed by atoms with van der Waals surface area (Å²) in [5.41, 5.74) is 0.668. The lowest BCUT2D eigenvalue weighted by atomic mass is 10.2. The van der Waals surface area contributed by atoms with Crippen molar-refractivity contribution in [2.45, 2.75) is 44.7 Å². The van der Waals surface area contributed by atoms with E-state index >= 15 is 0 Å². The summed E-state index contributed by atoms with van der Waals surface area (Å²) in [4.78, 5) is 17.4. The van der Waals surface area contributed by atoms with Gasteiger partial charge in [-0.2, -0.15) is 0 Å². The Labute approximate surface area is 155 Å². The number of ether oxygens (including phenoxy) is 1. The highest BCUT2D eigenvalue weighted by atomic mass is 32.2. The molecule has 0 aliphatic carbocycles. The number of nitrogens with one attached hydrogen (secondary N) is 3. The van der Waals surface area contributed by atoms with Crippen molar-refractivity contribution in [3.8, 4) is 0 Å². The zero-order valence-corrected chi connectivity index (χ0v) is 16.6. The minimum absolute atomic E-state index is 0.412. The maximum absolute atomic E-state index is 11.6. The molecule has 0 spiro atoms. The van der Waals surface area contributed by atoms with Crippen LogP contribution in [-0.2, 0) is 11.3 Å². The van der Waals surface area contributed by atoms with Gasteiger partial charge < -0.3 is 20.7 Å². The Morgan fingerprint density at radius 2 is 1.76 bits per heavy atom. The molecule has 0 aliphatic rings. The summed E-state index contributed by atoms with van der Waals surface area (Å²) in [7, 11) is 0. The Morgan fingerprint density at radius 1 is 1.12 bits per heavy atom. The quantitative estimate of drug-likeness (QED) is 0.299. The summed E-state index contributed by atoms with van der Waals surface area (Å²) in [5.74, 6) is 0.724. The molecule has 1 aromatic carbocycles. The number of hydrogen-bond donors (Lipinski definition) is 3. The van der Waals surface area contributed by atoms with E-state index in [1.54, 1.807) is 11.8 Å². The molecule has 0 unspecified atom stereocenters. The van der Waals surface area contributed by atoms with Gasteiger partial charge in [-0.05, 0) is 51.6 Å². The lowest BCUT2D eigenvalue weighted by Gasteiger charge is -2.19. The van der Waals surface area contributed by atoms with E-state index < -0.39 is 11.7 Å². The Bertz CT molecular complexity index is 553. The third-order valence-corrected chi connectivity index (χ3v) is 3.75. The zero-order chi connectivity index (χ0) is 18.7. The number of carbonyl (C=O) groups excluding carboxylic acids is 1. The highest BCUT2D eigenvalue weighted by Crippen LogP contribution is 2.15. The summed E-state index contributed by atoms with van der Waals surface area (Å²) < 4.78 is 5.19. The minimum atomic E-state index is -0.486. The van der Waals surface area contributed by atoms with Gasteiger partial charge in [-0.25, -0.2) is 9.79 Å². The number of hydrogen-bond acceptors (Lipinski definition) is 4. The summed E-state index contributed by atoms with van der Waals surface area (Å²) in [6.45, 7) is 9.94. The Kier molecular flexibility index (Phi) is 9.20. The molecule has 0 aromatic heterocycles. The molecule has 0 aliphatic heterocycles. The molecule has 1 rings (SSSR count). The fourth-order valence-corrected chi connectivity index (χ4v) is 2.31. The van der Waals surface area contributed by atoms with E-state index in [4.69, 9.17) is 4.74 Å². The van der Waals surface area contributed by atoms with Gasteiger partial charge in [0.25, 0.3) is 0 Å². The second kappa shape index (κ2) is 10.9. The van der Waals surface area contributed by atoms with Crippen LogP contribution in [-0.4, -0.2) is 43.5 Å². The third-order valence-electron chi connectivity index (χ3n) is 3.01. The lowest BCUT2D eigenvalue weighted by molar-refractivity contribution is 0.0529. The van der Waals surface area contributed by atoms with Crippen molar-refractivity contribution in [2.24, 2.45) is 4.99 Å². The van der Waals surface area contributed by atoms with Crippen molar-refractivity contribution in [1.82, 2.24) is 16.0 Å². The molecule has 140 valence electrons. The molecular formula is C18H30N4O2S. The van der Waals surface area contributed by atoms with Gasteiger partial charge in [0.1, 0.15) is 5.60 Å². The van der Waals surface area contributed by atoms with Crippen LogP contribution < -0.4 is 16.0 Å². The maximum Gasteiger partial charge on any atom is 0.407 e. The number of aliphatic imine (C=N–C) groups is 1. The van der Waals surface area contributed by atoms with Crippen molar-refractivity contribution in [1.29, 1.82) is 0 Å². The number of thioether (sulfide) groups is 1. The number of nitrogens with zero attached hydrogens (tertiary/aromatic N) is 1. The Morgan fingerprint density at radius 3 is 2.32 bits per heavy atom. The molecule has 0 saturated heterocycles. The first-order valence-corrected chi connectivity index (χ1v) is 9.68. The van der Waals surface area contributed by atoms with Gasteiger partial charge >= 0.3 is 6.09 Å². The van der Waals surface area contributed by atoms with Gasteiger partial charge in [-0.1, -0.05) is 12.1 Å². The first-order chi connectivity index (χ1) is 11.8. The topological polar surface area (TPSA) is 74.8 Å². The third kappa shape index (κ3) is 9.86. The fourth-order valence-electron chi connectivity index (χ4n) is 1.90. The molecule has 7 heteroatoms. The van der Waals surface area contributed by atoms with Crippen molar-refractivity contribution in [3.63, 3.8) is 0 Å². The predicted molar refractivity (Wildman–Crippen MR) is 105 cm³/mol. The van der Waals surface area contributed by atoms with E-state index in [1.165, 1.54) is 4.90 Å². The van der Waals surface area contributed by atoms with E-state index in [1.807, 2.05) is 27.7 Å². The number of benzene rings is 1. The first kappa shape index (κ1) is 21.2. The highest BCUT2D eigenvalue weighted by molar-refractivity contribution is 7.98. The number of rotatable bonds is 7. The first-order valence-electron chi connectivity index (χ1n) is 8.46. The van der Waals surface area contributed by atoms with Gasteiger partial charge in [0, 0.05) is 24.5 Å². The van der Waals surface area contributed by atoms with Crippen molar-refractivity contribution >= 4 is 23.8 Å². The second-order valence-corrected chi connectivity index (χ2v) is 7.28. The second-order valence-electron chi connectivity index (χ2n) is 6.40. The van der Waals surface area contributed by atoms with Crippen LogP contribution in [0.3, 0.4) is 0 Å². The van der Waals surface area contributed by atoms with Crippen LogP contribution >= 0.6 is 11.8 Å². The van der Waals surface area contributed by atoms with E-state index in [2.05, 4.69) is 51.5 Å². The molecule has 0 saturated carbocycles. The largest absolute Gasteiger partial charge is 0.444 e. The Hall–Kier alpha value is -1.89. The van der Waals surface area contributed by atoms with Gasteiger partial charge in [-0.15, -0.1) is 11.8 Å². The number of guanidine groups is 1. The van der Waals surface area contributed by atoms with Crippen molar-refractivity contribution < 1.29 is 9.53 Å². The molecule has 1 amide bonds. The van der Waals surface area contributed by atoms with Crippen LogP contribution in [0.25, 0.3) is 0 Å². The minimum Gasteiger partial charge on any atom is -0.444 e. The SMILES string of the molecule is CCNC(=NCc1ccc(SC)cc1)NCCNC(=O)OC(C)(C)C. The summed E-state index contributed by atoms with van der Waals surface area (Å²) >= 11 is 1.72. The summed E-state index contributed by atoms with van der Waals surface area (Å²) in [6, 6.07) is 8.37. The van der Waals surface area contributed by atoms with E-state index in [-0.39, 0.29) is 0 Å². The van der Waals surface area contributed by atoms with Crippen LogP contribution in [0, 0.1) is 0 Å². The molecule has 0 fully saturated rings. The number of amides is 1. The molecule has 0 atom stereocenters. The smallest absolute Gasteiger partial charge is 0.407 e. The molecule has 1 aromatic rings. The zero-order valence-electron chi connectivity index (χ0n) is 15.8. The number of alkyl carbamates (subject to hydrolysis) is 1. The molecule has 0 bridgehead atoms. The molecule has 25 heavy (non-hydrogen) atoms. The molecule has 0 radical (unpaired) electrons. The lowest BCUT2D eigenvalue weighted by Crippen LogP contribution is -2.42. The average Bonchev–Trinajstić information content (AvgIpc) is 2.55. The predicted octanol–water partition coefficient (Wildman–Crippen LogP) is 2.99. The van der Waals surface area contributed by atoms with Gasteiger partial charge in [0.2, 0.25) is 0 Å². The molecule has 0 heterocycles. The van der Waals surface area contributed by atoms with Gasteiger partial charge in [0.15, 0.2) is 5.96 Å². The summed E-state index contributed by atoms with van der Waals surface area (Å²) in [5, 5.41) is 9.10. The maximum atomic E-state index is 11.6. The van der Waals surface area contributed by atoms with Gasteiger partial charge in [-0.3, -0.25) is 0 Å². The van der Waals surface area contributed by atoms with Gasteiger partial charge in [0.05, 0.1) is 6.54 Å². The standard InChI is InChI=1S/C18H30N4O2S/c1-6-19-16(20-11-12-21-17(23)24-18(2,3)4)22-13-14-7-9-15(25-5)10-8-14/h7-10H,6,11-13H2,1-5H3,(H,21,23)(H2,19,20,22). The van der Waals surface area contributed by atoms with Crippen molar-refractivity contribution in [2.75, 3.05) is 25.9 Å². The molecule has 3 N–H and O–H groups in total. The highest BCUT2D eigenvalue weighted by Gasteiger charge is 2.15. The van der Waals surface area contributed by atoms with E-state index in [9.17, 15) is 4.79 Å². The molecular weight excluding hydrogens is 336 g/mol. The van der Waals surface area contributed by atoms with Crippen LogP contribution in [0.4, 0.5) is 4.79 Å². The molecule has 6 nitrogen and oxygen atoms in total. The monoisotopic (exact) mass is 366 g/mol.